The Hall–Kier alpha value is -1.91. The van der Waals surface area contributed by atoms with Crippen LogP contribution in [0.2, 0.25) is 0 Å². The molecule has 0 atom stereocenters. The van der Waals surface area contributed by atoms with Gasteiger partial charge in [0.05, 0.1) is 0 Å². The van der Waals surface area contributed by atoms with Crippen LogP contribution in [0.4, 0.5) is 9.18 Å². The fourth-order valence-electron chi connectivity index (χ4n) is 2.56. The van der Waals surface area contributed by atoms with Gasteiger partial charge in [0.1, 0.15) is 6.61 Å². The van der Waals surface area contributed by atoms with Crippen molar-refractivity contribution >= 4 is 12.4 Å². The van der Waals surface area contributed by atoms with E-state index in [0.29, 0.717) is 19.1 Å². The van der Waals surface area contributed by atoms with Gasteiger partial charge in [0, 0.05) is 13.1 Å². The second-order valence-electron chi connectivity index (χ2n) is 5.53. The molecule has 1 fully saturated rings. The number of carbonyl (C=O) groups excluding carboxylic acids is 2. The molecule has 1 aromatic rings. The minimum atomic E-state index is -1.72. The predicted octanol–water partition coefficient (Wildman–Crippen LogP) is 3.10. The van der Waals surface area contributed by atoms with Crippen molar-refractivity contribution in [2.24, 2.45) is 0 Å². The van der Waals surface area contributed by atoms with Crippen LogP contribution in [-0.2, 0) is 16.1 Å². The smallest absolute Gasteiger partial charge is 0.410 e. The van der Waals surface area contributed by atoms with Crippen molar-refractivity contribution < 1.29 is 18.7 Å². The van der Waals surface area contributed by atoms with E-state index in [-0.39, 0.29) is 25.5 Å². The van der Waals surface area contributed by atoms with Crippen LogP contribution >= 0.6 is 0 Å². The minimum absolute atomic E-state index is 0.0721. The summed E-state index contributed by atoms with van der Waals surface area (Å²) in [4.78, 5) is 24.2. The van der Waals surface area contributed by atoms with Crippen molar-refractivity contribution in [3.8, 4) is 0 Å². The second kappa shape index (κ2) is 6.70. The lowest BCUT2D eigenvalue weighted by atomic mass is 9.84. The molecule has 21 heavy (non-hydrogen) atoms. The molecule has 0 spiro atoms. The Bertz CT molecular complexity index is 484. The van der Waals surface area contributed by atoms with Gasteiger partial charge in [-0.05, 0) is 31.2 Å². The van der Waals surface area contributed by atoms with Crippen LogP contribution in [0.3, 0.4) is 0 Å². The molecule has 0 aromatic heterocycles. The van der Waals surface area contributed by atoms with Crippen molar-refractivity contribution in [1.82, 2.24) is 4.90 Å². The standard InChI is InChI=1S/C16H20FNO3/c1-18(14-7-9-16(17,12-19)10-8-14)15(20)21-11-13-5-3-2-4-6-13/h2-6,12,14H,7-11H2,1H3. The van der Waals surface area contributed by atoms with Gasteiger partial charge in [-0.1, -0.05) is 30.3 Å². The van der Waals surface area contributed by atoms with Crippen LogP contribution in [0.15, 0.2) is 30.3 Å². The van der Waals surface area contributed by atoms with E-state index in [9.17, 15) is 14.0 Å². The van der Waals surface area contributed by atoms with Crippen molar-refractivity contribution in [3.63, 3.8) is 0 Å². The van der Waals surface area contributed by atoms with Crippen molar-refractivity contribution in [1.29, 1.82) is 0 Å². The second-order valence-corrected chi connectivity index (χ2v) is 5.53. The number of amides is 1. The number of aldehydes is 1. The van der Waals surface area contributed by atoms with Crippen molar-refractivity contribution in [2.45, 2.75) is 44.0 Å². The highest BCUT2D eigenvalue weighted by Gasteiger charge is 2.37. The number of ether oxygens (including phenoxy) is 1. The van der Waals surface area contributed by atoms with E-state index >= 15 is 0 Å². The Labute approximate surface area is 123 Å². The molecule has 1 aliphatic rings. The summed E-state index contributed by atoms with van der Waals surface area (Å²) in [5.74, 6) is 0. The van der Waals surface area contributed by atoms with E-state index in [2.05, 4.69) is 0 Å². The molecule has 0 saturated heterocycles. The molecule has 0 unspecified atom stereocenters. The largest absolute Gasteiger partial charge is 0.445 e. The van der Waals surface area contributed by atoms with Crippen LogP contribution in [0.5, 0.6) is 0 Å². The van der Waals surface area contributed by atoms with Crippen LogP contribution in [0.1, 0.15) is 31.2 Å². The minimum Gasteiger partial charge on any atom is -0.445 e. The Balaban J connectivity index is 1.82. The third-order valence-electron chi connectivity index (χ3n) is 4.04. The Kier molecular flexibility index (Phi) is 4.94. The molecule has 5 heteroatoms. The van der Waals surface area contributed by atoms with E-state index < -0.39 is 11.8 Å². The number of nitrogens with zero attached hydrogens (tertiary/aromatic N) is 1. The highest BCUT2D eigenvalue weighted by atomic mass is 19.1. The quantitative estimate of drug-likeness (QED) is 0.801. The third kappa shape index (κ3) is 4.03. The Morgan fingerprint density at radius 3 is 2.57 bits per heavy atom. The van der Waals surface area contributed by atoms with Crippen molar-refractivity contribution in [3.05, 3.63) is 35.9 Å². The maximum Gasteiger partial charge on any atom is 0.410 e. The molecule has 0 heterocycles. The van der Waals surface area contributed by atoms with Gasteiger partial charge in [-0.15, -0.1) is 0 Å². The van der Waals surface area contributed by atoms with Gasteiger partial charge in [0.25, 0.3) is 0 Å². The summed E-state index contributed by atoms with van der Waals surface area (Å²) in [6.07, 6.45) is 1.26. The lowest BCUT2D eigenvalue weighted by molar-refractivity contribution is -0.120. The molecule has 0 N–H and O–H groups in total. The number of benzene rings is 1. The van der Waals surface area contributed by atoms with Gasteiger partial charge >= 0.3 is 6.09 Å². The summed E-state index contributed by atoms with van der Waals surface area (Å²) < 4.78 is 19.1. The van der Waals surface area contributed by atoms with E-state index in [0.717, 1.165) is 5.56 Å². The Morgan fingerprint density at radius 1 is 1.38 bits per heavy atom. The monoisotopic (exact) mass is 293 g/mol. The highest BCUT2D eigenvalue weighted by Crippen LogP contribution is 2.32. The number of hydrogen-bond acceptors (Lipinski definition) is 3. The molecule has 1 amide bonds. The molecule has 0 bridgehead atoms. The number of halogens is 1. The van der Waals surface area contributed by atoms with E-state index in [1.807, 2.05) is 30.3 Å². The first-order chi connectivity index (χ1) is 10.0. The van der Waals surface area contributed by atoms with Gasteiger partial charge < -0.3 is 9.64 Å². The first-order valence-corrected chi connectivity index (χ1v) is 7.13. The third-order valence-corrected chi connectivity index (χ3v) is 4.04. The van der Waals surface area contributed by atoms with Gasteiger partial charge in [-0.2, -0.15) is 0 Å². The van der Waals surface area contributed by atoms with Crippen LogP contribution in [-0.4, -0.2) is 36.0 Å². The first kappa shape index (κ1) is 15.5. The van der Waals surface area contributed by atoms with E-state index in [1.54, 1.807) is 7.05 Å². The molecule has 114 valence electrons. The first-order valence-electron chi connectivity index (χ1n) is 7.13. The molecular formula is C16H20FNO3. The van der Waals surface area contributed by atoms with Crippen LogP contribution in [0, 0.1) is 0 Å². The van der Waals surface area contributed by atoms with E-state index in [4.69, 9.17) is 4.74 Å². The maximum atomic E-state index is 13.8. The summed E-state index contributed by atoms with van der Waals surface area (Å²) in [7, 11) is 1.66. The zero-order valence-electron chi connectivity index (χ0n) is 12.1. The van der Waals surface area contributed by atoms with Gasteiger partial charge in [0.15, 0.2) is 12.0 Å². The summed E-state index contributed by atoms with van der Waals surface area (Å²) in [5.41, 5.74) is -0.794. The molecule has 2 rings (SSSR count). The number of rotatable bonds is 4. The van der Waals surface area contributed by atoms with Crippen LogP contribution in [0.25, 0.3) is 0 Å². The molecule has 1 aliphatic carbocycles. The summed E-state index contributed by atoms with van der Waals surface area (Å²) in [6, 6.07) is 9.36. The maximum absolute atomic E-state index is 13.8. The average Bonchev–Trinajstić information content (AvgIpc) is 2.53. The zero-order valence-corrected chi connectivity index (χ0v) is 12.1. The summed E-state index contributed by atoms with van der Waals surface area (Å²) in [6.45, 7) is 0.220. The lowest BCUT2D eigenvalue weighted by Crippen LogP contribution is -2.43. The van der Waals surface area contributed by atoms with Crippen LogP contribution < -0.4 is 0 Å². The molecule has 1 aromatic carbocycles. The topological polar surface area (TPSA) is 46.6 Å². The molecule has 0 radical (unpaired) electrons. The fraction of sp³-hybridized carbons (Fsp3) is 0.500. The van der Waals surface area contributed by atoms with Gasteiger partial charge in [0.2, 0.25) is 0 Å². The van der Waals surface area contributed by atoms with E-state index in [1.165, 1.54) is 4.90 Å². The SMILES string of the molecule is CN(C(=O)OCc1ccccc1)C1CCC(F)(C=O)CC1. The normalized spacial score (nSPS) is 25.1. The number of hydrogen-bond donors (Lipinski definition) is 0. The number of carbonyl (C=O) groups is 2. The predicted molar refractivity (Wildman–Crippen MR) is 76.5 cm³/mol. The number of alkyl halides is 1. The van der Waals surface area contributed by atoms with Gasteiger partial charge in [-0.25, -0.2) is 9.18 Å². The highest BCUT2D eigenvalue weighted by molar-refractivity contribution is 5.68. The van der Waals surface area contributed by atoms with Crippen molar-refractivity contribution in [2.75, 3.05) is 7.05 Å². The molecule has 4 nitrogen and oxygen atoms in total. The zero-order chi connectivity index (χ0) is 15.3. The molecule has 1 saturated carbocycles. The molecule has 0 aliphatic heterocycles. The van der Waals surface area contributed by atoms with Gasteiger partial charge in [-0.3, -0.25) is 4.79 Å². The fourth-order valence-corrected chi connectivity index (χ4v) is 2.56. The summed E-state index contributed by atoms with van der Waals surface area (Å²) in [5, 5.41) is 0. The Morgan fingerprint density at radius 2 is 2.00 bits per heavy atom. The lowest BCUT2D eigenvalue weighted by Gasteiger charge is -2.35. The molecular weight excluding hydrogens is 273 g/mol. The average molecular weight is 293 g/mol. The summed E-state index contributed by atoms with van der Waals surface area (Å²) >= 11 is 0.